The quantitative estimate of drug-likeness (QED) is 0.798. The van der Waals surface area contributed by atoms with Gasteiger partial charge in [-0.05, 0) is 55.2 Å². The molecule has 2 aromatic carbocycles. The number of aryl methyl sites for hydroxylation is 1. The molecule has 1 saturated heterocycles. The van der Waals surface area contributed by atoms with Crippen molar-refractivity contribution in [2.24, 2.45) is 0 Å². The molecule has 146 valence electrons. The Morgan fingerprint density at radius 3 is 2.43 bits per heavy atom. The highest BCUT2D eigenvalue weighted by Gasteiger charge is 2.28. The number of anilines is 2. The topological polar surface area (TPSA) is 49.9 Å². The zero-order valence-corrected chi connectivity index (χ0v) is 15.2. The number of fused-ring (bicyclic) bond motifs is 1. The fourth-order valence-corrected chi connectivity index (χ4v) is 3.87. The minimum atomic E-state index is -2.96. The van der Waals surface area contributed by atoms with Gasteiger partial charge in [-0.3, -0.25) is 9.59 Å². The van der Waals surface area contributed by atoms with Crippen LogP contribution in [-0.4, -0.2) is 31.5 Å². The van der Waals surface area contributed by atoms with Crippen LogP contribution in [0.15, 0.2) is 42.5 Å². The Balaban J connectivity index is 1.62. The zero-order valence-electron chi connectivity index (χ0n) is 15.2. The number of amides is 2. The number of para-hydroxylation sites is 1. The molecule has 2 heterocycles. The predicted molar refractivity (Wildman–Crippen MR) is 101 cm³/mol. The van der Waals surface area contributed by atoms with Crippen LogP contribution in [-0.2, 0) is 11.2 Å². The Morgan fingerprint density at radius 2 is 1.75 bits per heavy atom. The average molecular weight is 386 g/mol. The van der Waals surface area contributed by atoms with Gasteiger partial charge in [-0.2, -0.15) is 8.78 Å². The molecule has 0 bridgehead atoms. The minimum absolute atomic E-state index is 0.0137. The summed E-state index contributed by atoms with van der Waals surface area (Å²) in [5, 5.41) is 0. The van der Waals surface area contributed by atoms with Crippen molar-refractivity contribution >= 4 is 23.2 Å². The molecule has 2 aliphatic rings. The van der Waals surface area contributed by atoms with E-state index >= 15 is 0 Å². The summed E-state index contributed by atoms with van der Waals surface area (Å²) in [6, 6.07) is 11.8. The maximum absolute atomic E-state index is 13.1. The number of hydrogen-bond donors (Lipinski definition) is 0. The van der Waals surface area contributed by atoms with Gasteiger partial charge in [0, 0.05) is 30.8 Å². The number of benzene rings is 2. The van der Waals surface area contributed by atoms with Crippen molar-refractivity contribution in [2.75, 3.05) is 22.9 Å². The van der Waals surface area contributed by atoms with E-state index in [1.807, 2.05) is 6.07 Å². The lowest BCUT2D eigenvalue weighted by molar-refractivity contribution is -0.117. The molecule has 0 aromatic heterocycles. The molecule has 0 spiro atoms. The number of carbonyl (C=O) groups excluding carboxylic acids is 2. The zero-order chi connectivity index (χ0) is 19.7. The first kappa shape index (κ1) is 18.4. The normalized spacial score (nSPS) is 16.5. The van der Waals surface area contributed by atoms with Crippen molar-refractivity contribution in [2.45, 2.75) is 32.3 Å². The van der Waals surface area contributed by atoms with Crippen molar-refractivity contribution in [1.82, 2.24) is 0 Å². The molecule has 2 aliphatic heterocycles. The second-order valence-electron chi connectivity index (χ2n) is 6.90. The Morgan fingerprint density at radius 1 is 1.00 bits per heavy atom. The molecule has 0 saturated carbocycles. The molecule has 0 N–H and O–H groups in total. The SMILES string of the molecule is O=C1CCCN1c1ccc(C(=O)N2CCCc3cccc(OC(F)F)c32)cc1. The van der Waals surface area contributed by atoms with E-state index in [0.29, 0.717) is 37.2 Å². The molecule has 2 amide bonds. The Bertz CT molecular complexity index is 899. The molecule has 0 aliphatic carbocycles. The third-order valence-electron chi connectivity index (χ3n) is 5.14. The Kier molecular flexibility index (Phi) is 4.98. The molecule has 4 rings (SSSR count). The lowest BCUT2D eigenvalue weighted by Crippen LogP contribution is -2.36. The number of halogens is 2. The number of hydrogen-bond acceptors (Lipinski definition) is 3. The van der Waals surface area contributed by atoms with Crippen molar-refractivity contribution in [3.63, 3.8) is 0 Å². The summed E-state index contributed by atoms with van der Waals surface area (Å²) in [6.45, 7) is -1.84. The van der Waals surface area contributed by atoms with E-state index in [0.717, 1.165) is 24.1 Å². The van der Waals surface area contributed by atoms with Crippen LogP contribution in [0.4, 0.5) is 20.2 Å². The van der Waals surface area contributed by atoms with Gasteiger partial charge < -0.3 is 14.5 Å². The molecule has 7 heteroatoms. The summed E-state index contributed by atoms with van der Waals surface area (Å²) < 4.78 is 30.3. The Hall–Kier alpha value is -2.96. The van der Waals surface area contributed by atoms with E-state index < -0.39 is 6.61 Å². The summed E-state index contributed by atoms with van der Waals surface area (Å²) in [6.07, 6.45) is 2.82. The molecule has 1 fully saturated rings. The summed E-state index contributed by atoms with van der Waals surface area (Å²) >= 11 is 0. The maximum Gasteiger partial charge on any atom is 0.387 e. The highest BCUT2D eigenvalue weighted by atomic mass is 19.3. The van der Waals surface area contributed by atoms with Gasteiger partial charge in [0.25, 0.3) is 5.91 Å². The number of carbonyl (C=O) groups is 2. The highest BCUT2D eigenvalue weighted by Crippen LogP contribution is 2.38. The molecular formula is C21H20F2N2O3. The van der Waals surface area contributed by atoms with Crippen molar-refractivity contribution in [3.8, 4) is 5.75 Å². The van der Waals surface area contributed by atoms with E-state index in [1.54, 1.807) is 35.2 Å². The fourth-order valence-electron chi connectivity index (χ4n) is 3.87. The molecule has 0 atom stereocenters. The first-order valence-corrected chi connectivity index (χ1v) is 9.33. The van der Waals surface area contributed by atoms with Gasteiger partial charge in [0.2, 0.25) is 5.91 Å². The molecule has 0 unspecified atom stereocenters. The lowest BCUT2D eigenvalue weighted by Gasteiger charge is -2.31. The first-order chi connectivity index (χ1) is 13.5. The van der Waals surface area contributed by atoms with Crippen molar-refractivity contribution in [1.29, 1.82) is 0 Å². The largest absolute Gasteiger partial charge is 0.433 e. The number of nitrogens with zero attached hydrogens (tertiary/aromatic N) is 2. The third-order valence-corrected chi connectivity index (χ3v) is 5.14. The van der Waals surface area contributed by atoms with Gasteiger partial charge in [0.1, 0.15) is 5.75 Å². The van der Waals surface area contributed by atoms with E-state index in [-0.39, 0.29) is 17.6 Å². The molecule has 0 radical (unpaired) electrons. The van der Waals surface area contributed by atoms with Crippen LogP contribution in [0.1, 0.15) is 35.2 Å². The molecule has 2 aromatic rings. The average Bonchev–Trinajstić information content (AvgIpc) is 3.13. The highest BCUT2D eigenvalue weighted by molar-refractivity contribution is 6.08. The Labute approximate surface area is 161 Å². The summed E-state index contributed by atoms with van der Waals surface area (Å²) in [7, 11) is 0. The van der Waals surface area contributed by atoms with Crippen LogP contribution in [0, 0.1) is 0 Å². The van der Waals surface area contributed by atoms with E-state index in [2.05, 4.69) is 4.74 Å². The first-order valence-electron chi connectivity index (χ1n) is 9.33. The van der Waals surface area contributed by atoms with Crippen LogP contribution in [0.25, 0.3) is 0 Å². The van der Waals surface area contributed by atoms with Gasteiger partial charge in [0.05, 0.1) is 5.69 Å². The van der Waals surface area contributed by atoms with Crippen LogP contribution in [0.2, 0.25) is 0 Å². The van der Waals surface area contributed by atoms with Gasteiger partial charge in [-0.15, -0.1) is 0 Å². The van der Waals surface area contributed by atoms with Gasteiger partial charge >= 0.3 is 6.61 Å². The summed E-state index contributed by atoms with van der Waals surface area (Å²) in [5.74, 6) is -0.178. The van der Waals surface area contributed by atoms with Crippen molar-refractivity contribution < 1.29 is 23.1 Å². The van der Waals surface area contributed by atoms with E-state index in [1.165, 1.54) is 11.0 Å². The van der Waals surface area contributed by atoms with E-state index in [4.69, 9.17) is 0 Å². The van der Waals surface area contributed by atoms with E-state index in [9.17, 15) is 18.4 Å². The minimum Gasteiger partial charge on any atom is -0.433 e. The third kappa shape index (κ3) is 3.44. The smallest absolute Gasteiger partial charge is 0.387 e. The monoisotopic (exact) mass is 386 g/mol. The van der Waals surface area contributed by atoms with Crippen LogP contribution in [0.3, 0.4) is 0 Å². The molecular weight excluding hydrogens is 366 g/mol. The van der Waals surface area contributed by atoms with Crippen LogP contribution in [0.5, 0.6) is 5.75 Å². The fraction of sp³-hybridized carbons (Fsp3) is 0.333. The lowest BCUT2D eigenvalue weighted by atomic mass is 10.00. The molecule has 5 nitrogen and oxygen atoms in total. The van der Waals surface area contributed by atoms with Gasteiger partial charge in [-0.25, -0.2) is 0 Å². The van der Waals surface area contributed by atoms with Crippen LogP contribution < -0.4 is 14.5 Å². The number of ether oxygens (including phenoxy) is 1. The maximum atomic E-state index is 13.1. The second kappa shape index (κ2) is 7.58. The second-order valence-corrected chi connectivity index (χ2v) is 6.90. The predicted octanol–water partition coefficient (Wildman–Crippen LogP) is 4.01. The summed E-state index contributed by atoms with van der Waals surface area (Å²) in [5.41, 5.74) is 2.43. The standard InChI is InChI=1S/C21H20F2N2O3/c22-21(23)28-17-6-1-4-14-5-2-13-25(19(14)17)20(27)15-8-10-16(11-9-15)24-12-3-7-18(24)26/h1,4,6,8-11,21H,2-3,5,7,12-13H2. The molecule has 28 heavy (non-hydrogen) atoms. The van der Waals surface area contributed by atoms with Gasteiger partial charge in [-0.1, -0.05) is 12.1 Å². The number of alkyl halides is 2. The van der Waals surface area contributed by atoms with Crippen LogP contribution >= 0.6 is 0 Å². The van der Waals surface area contributed by atoms with Gasteiger partial charge in [0.15, 0.2) is 0 Å². The van der Waals surface area contributed by atoms with Crippen molar-refractivity contribution in [3.05, 3.63) is 53.6 Å². The number of rotatable bonds is 4. The summed E-state index contributed by atoms with van der Waals surface area (Å²) in [4.78, 5) is 28.2.